The number of hydrogen-bond donors (Lipinski definition) is 2. The highest BCUT2D eigenvalue weighted by Crippen LogP contribution is 2.32. The van der Waals surface area contributed by atoms with Crippen LogP contribution in [0.1, 0.15) is 68.2 Å². The molecule has 0 radical (unpaired) electrons. The highest BCUT2D eigenvalue weighted by molar-refractivity contribution is 5.76. The summed E-state index contributed by atoms with van der Waals surface area (Å²) >= 11 is 0. The van der Waals surface area contributed by atoms with Gasteiger partial charge in [0.05, 0.1) is 16.6 Å². The molecule has 120 valence electrons. The minimum atomic E-state index is -1.03. The molecule has 0 heterocycles. The Morgan fingerprint density at radius 2 is 1.55 bits per heavy atom. The first-order chi connectivity index (χ1) is 8.70. The van der Waals surface area contributed by atoms with Crippen LogP contribution >= 0.6 is 0 Å². The van der Waals surface area contributed by atoms with Crippen molar-refractivity contribution in [3.63, 3.8) is 0 Å². The van der Waals surface area contributed by atoms with Gasteiger partial charge >= 0.3 is 5.97 Å². The van der Waals surface area contributed by atoms with Crippen molar-refractivity contribution in [3.05, 3.63) is 0 Å². The second-order valence-electron chi connectivity index (χ2n) is 7.62. The van der Waals surface area contributed by atoms with Crippen LogP contribution < -0.4 is 0 Å². The normalized spacial score (nSPS) is 16.7. The molecule has 0 rings (SSSR count). The molecule has 0 bridgehead atoms. The maximum absolute atomic E-state index is 12.1. The second kappa shape index (κ2) is 6.44. The first kappa shape index (κ1) is 19.4. The van der Waals surface area contributed by atoms with Crippen molar-refractivity contribution in [2.24, 2.45) is 11.3 Å². The summed E-state index contributed by atoms with van der Waals surface area (Å²) in [6, 6.07) is 0. The van der Waals surface area contributed by atoms with Crippen LogP contribution in [-0.4, -0.2) is 33.5 Å². The van der Waals surface area contributed by atoms with Gasteiger partial charge in [-0.25, -0.2) is 0 Å². The van der Waals surface area contributed by atoms with Crippen LogP contribution in [0.4, 0.5) is 0 Å². The molecule has 0 aliphatic rings. The van der Waals surface area contributed by atoms with Crippen molar-refractivity contribution >= 4 is 5.97 Å². The van der Waals surface area contributed by atoms with Gasteiger partial charge in [-0.2, -0.15) is 0 Å². The molecule has 0 amide bonds. The Balaban J connectivity index is 4.99. The molecule has 0 aromatic heterocycles. The third-order valence-corrected chi connectivity index (χ3v) is 3.92. The molecule has 0 saturated carbocycles. The summed E-state index contributed by atoms with van der Waals surface area (Å²) in [5.41, 5.74) is -2.49. The summed E-state index contributed by atoms with van der Waals surface area (Å²) in [6.45, 7) is 14.1. The Bertz CT molecular complexity index is 320. The second-order valence-corrected chi connectivity index (χ2v) is 7.62. The van der Waals surface area contributed by atoms with Gasteiger partial charge < -0.3 is 14.9 Å². The van der Waals surface area contributed by atoms with Gasteiger partial charge in [0.2, 0.25) is 0 Å². The molecule has 4 nitrogen and oxygen atoms in total. The van der Waals surface area contributed by atoms with Crippen LogP contribution in [0.15, 0.2) is 0 Å². The zero-order valence-corrected chi connectivity index (χ0v) is 14.3. The topological polar surface area (TPSA) is 66.8 Å². The van der Waals surface area contributed by atoms with E-state index in [1.54, 1.807) is 34.6 Å². The number of aliphatic hydroxyl groups is 2. The fraction of sp³-hybridized carbons (Fsp3) is 0.938. The Labute approximate surface area is 123 Å². The Kier molecular flexibility index (Phi) is 6.24. The van der Waals surface area contributed by atoms with Crippen LogP contribution in [0.3, 0.4) is 0 Å². The summed E-state index contributed by atoms with van der Waals surface area (Å²) in [6.07, 6.45) is 0.592. The third-order valence-electron chi connectivity index (χ3n) is 3.92. The van der Waals surface area contributed by atoms with Crippen molar-refractivity contribution in [2.45, 2.75) is 85.5 Å². The predicted octanol–water partition coefficient (Wildman–Crippen LogP) is 2.90. The quantitative estimate of drug-likeness (QED) is 0.707. The smallest absolute Gasteiger partial charge is 0.311 e. The minimum Gasteiger partial charge on any atom is -0.462 e. The number of hydrogen-bond acceptors (Lipinski definition) is 4. The fourth-order valence-corrected chi connectivity index (χ4v) is 2.08. The maximum Gasteiger partial charge on any atom is 0.311 e. The first-order valence-corrected chi connectivity index (χ1v) is 7.36. The fourth-order valence-electron chi connectivity index (χ4n) is 2.08. The lowest BCUT2D eigenvalue weighted by molar-refractivity contribution is -0.169. The Morgan fingerprint density at radius 3 is 1.85 bits per heavy atom. The molecule has 0 saturated heterocycles. The molecule has 0 aromatic carbocycles. The number of rotatable bonds is 7. The first-order valence-electron chi connectivity index (χ1n) is 7.36. The van der Waals surface area contributed by atoms with Crippen molar-refractivity contribution in [1.29, 1.82) is 0 Å². The summed E-state index contributed by atoms with van der Waals surface area (Å²) < 4.78 is 5.53. The van der Waals surface area contributed by atoms with E-state index in [-0.39, 0.29) is 11.9 Å². The lowest BCUT2D eigenvalue weighted by Crippen LogP contribution is -2.45. The molecule has 0 aliphatic carbocycles. The minimum absolute atomic E-state index is 0.266. The molecule has 4 heteroatoms. The summed E-state index contributed by atoms with van der Waals surface area (Å²) in [4.78, 5) is 12.1. The van der Waals surface area contributed by atoms with Crippen LogP contribution in [0.25, 0.3) is 0 Å². The van der Waals surface area contributed by atoms with Crippen LogP contribution in [-0.2, 0) is 9.53 Å². The van der Waals surface area contributed by atoms with E-state index in [2.05, 4.69) is 0 Å². The van der Waals surface area contributed by atoms with Crippen LogP contribution in [0.5, 0.6) is 0 Å². The lowest BCUT2D eigenvalue weighted by Gasteiger charge is -2.38. The van der Waals surface area contributed by atoms with E-state index in [0.717, 1.165) is 0 Å². The molecular weight excluding hydrogens is 256 g/mol. The molecule has 0 aliphatic heterocycles. The van der Waals surface area contributed by atoms with E-state index < -0.39 is 22.7 Å². The number of esters is 1. The number of carbonyl (C=O) groups is 1. The van der Waals surface area contributed by atoms with E-state index in [1.165, 1.54) is 0 Å². The number of ether oxygens (including phenoxy) is 1. The summed E-state index contributed by atoms with van der Waals surface area (Å²) in [7, 11) is 0. The predicted molar refractivity (Wildman–Crippen MR) is 80.3 cm³/mol. The lowest BCUT2D eigenvalue weighted by atomic mass is 9.79. The van der Waals surface area contributed by atoms with E-state index in [4.69, 9.17) is 4.74 Å². The Morgan fingerprint density at radius 1 is 1.10 bits per heavy atom. The van der Waals surface area contributed by atoms with E-state index in [9.17, 15) is 15.0 Å². The summed E-state index contributed by atoms with van der Waals surface area (Å²) in [5.74, 6) is -0.600. The average Bonchev–Trinajstić information content (AvgIpc) is 2.22. The summed E-state index contributed by atoms with van der Waals surface area (Å²) in [5, 5.41) is 20.3. The molecule has 2 atom stereocenters. The largest absolute Gasteiger partial charge is 0.462 e. The van der Waals surface area contributed by atoms with Crippen LogP contribution in [0, 0.1) is 11.3 Å². The molecule has 20 heavy (non-hydrogen) atoms. The Hall–Kier alpha value is -0.610. The number of carbonyl (C=O) groups excluding carboxylic acids is 1. The monoisotopic (exact) mass is 288 g/mol. The van der Waals surface area contributed by atoms with Gasteiger partial charge in [-0.05, 0) is 61.3 Å². The molecule has 0 fully saturated rings. The highest BCUT2D eigenvalue weighted by atomic mass is 16.5. The standard InChI is InChI=1S/C16H32O4/c1-9-14(3,4)13(17)20-11(2)12(16(7,8)19)10-15(5,6)18/h11-12,18-19H,9-10H2,1-8H3. The van der Waals surface area contributed by atoms with Gasteiger partial charge in [0.25, 0.3) is 0 Å². The zero-order chi connectivity index (χ0) is 16.4. The van der Waals surface area contributed by atoms with Gasteiger partial charge in [-0.15, -0.1) is 0 Å². The van der Waals surface area contributed by atoms with Gasteiger partial charge in [0.15, 0.2) is 0 Å². The molecule has 2 N–H and O–H groups in total. The van der Waals surface area contributed by atoms with Gasteiger partial charge in [-0.1, -0.05) is 6.92 Å². The maximum atomic E-state index is 12.1. The van der Waals surface area contributed by atoms with E-state index in [1.807, 2.05) is 20.8 Å². The van der Waals surface area contributed by atoms with Crippen molar-refractivity contribution in [2.75, 3.05) is 0 Å². The van der Waals surface area contributed by atoms with Crippen molar-refractivity contribution < 1.29 is 19.7 Å². The molecule has 0 spiro atoms. The van der Waals surface area contributed by atoms with Crippen molar-refractivity contribution in [3.8, 4) is 0 Å². The van der Waals surface area contributed by atoms with Gasteiger partial charge in [0.1, 0.15) is 6.10 Å². The highest BCUT2D eigenvalue weighted by Gasteiger charge is 2.39. The van der Waals surface area contributed by atoms with Crippen molar-refractivity contribution in [1.82, 2.24) is 0 Å². The third kappa shape index (κ3) is 6.23. The molecule has 0 aromatic rings. The van der Waals surface area contributed by atoms with E-state index in [0.29, 0.717) is 12.8 Å². The van der Waals surface area contributed by atoms with Crippen LogP contribution in [0.2, 0.25) is 0 Å². The average molecular weight is 288 g/mol. The van der Waals surface area contributed by atoms with E-state index >= 15 is 0 Å². The molecular formula is C16H32O4. The van der Waals surface area contributed by atoms with Gasteiger partial charge in [-0.3, -0.25) is 4.79 Å². The van der Waals surface area contributed by atoms with Gasteiger partial charge in [0, 0.05) is 5.92 Å². The molecule has 2 unspecified atom stereocenters. The zero-order valence-electron chi connectivity index (χ0n) is 14.3. The SMILES string of the molecule is CCC(C)(C)C(=O)OC(C)C(CC(C)(C)O)C(C)(C)O.